The summed E-state index contributed by atoms with van der Waals surface area (Å²) in [6, 6.07) is 4.53. The van der Waals surface area contributed by atoms with E-state index in [4.69, 9.17) is 16.3 Å². The summed E-state index contributed by atoms with van der Waals surface area (Å²) in [5.74, 6) is 0.157. The van der Waals surface area contributed by atoms with Gasteiger partial charge in [0.1, 0.15) is 6.61 Å². The molecule has 0 aliphatic carbocycles. The van der Waals surface area contributed by atoms with Crippen LogP contribution in [0.4, 0.5) is 5.69 Å². The van der Waals surface area contributed by atoms with Crippen LogP contribution in [0.2, 0.25) is 5.02 Å². The molecule has 0 bridgehead atoms. The molecular formula is C12H16ClN3O3. The van der Waals surface area contributed by atoms with Gasteiger partial charge in [0.15, 0.2) is 0 Å². The summed E-state index contributed by atoms with van der Waals surface area (Å²) in [4.78, 5) is 12.7. The van der Waals surface area contributed by atoms with E-state index in [1.165, 1.54) is 6.07 Å². The first-order valence-corrected chi connectivity index (χ1v) is 6.55. The normalized spacial score (nSPS) is 16.3. The molecule has 6 nitrogen and oxygen atoms in total. The van der Waals surface area contributed by atoms with Crippen molar-refractivity contribution in [2.75, 3.05) is 39.3 Å². The molecule has 0 spiro atoms. The van der Waals surface area contributed by atoms with Crippen LogP contribution in [0.3, 0.4) is 0 Å². The summed E-state index contributed by atoms with van der Waals surface area (Å²) < 4.78 is 5.50. The van der Waals surface area contributed by atoms with Crippen molar-refractivity contribution in [1.82, 2.24) is 10.2 Å². The van der Waals surface area contributed by atoms with Gasteiger partial charge >= 0.3 is 5.69 Å². The van der Waals surface area contributed by atoms with Crippen LogP contribution < -0.4 is 10.1 Å². The number of piperazine rings is 1. The van der Waals surface area contributed by atoms with Gasteiger partial charge in [0.2, 0.25) is 5.75 Å². The molecule has 0 amide bonds. The lowest BCUT2D eigenvalue weighted by molar-refractivity contribution is -0.385. The molecule has 1 aliphatic rings. The topological polar surface area (TPSA) is 67.6 Å². The average Bonchev–Trinajstić information content (AvgIpc) is 2.41. The van der Waals surface area contributed by atoms with E-state index in [0.29, 0.717) is 6.61 Å². The van der Waals surface area contributed by atoms with Crippen molar-refractivity contribution in [2.45, 2.75) is 0 Å². The molecule has 7 heteroatoms. The molecule has 0 aromatic heterocycles. The molecule has 0 unspecified atom stereocenters. The van der Waals surface area contributed by atoms with Crippen LogP contribution in [0.25, 0.3) is 0 Å². The van der Waals surface area contributed by atoms with Gasteiger partial charge in [-0.25, -0.2) is 0 Å². The molecule has 0 radical (unpaired) electrons. The maximum atomic E-state index is 10.9. The Morgan fingerprint density at radius 2 is 2.16 bits per heavy atom. The van der Waals surface area contributed by atoms with E-state index in [0.717, 1.165) is 32.7 Å². The van der Waals surface area contributed by atoms with Gasteiger partial charge in [0, 0.05) is 38.8 Å². The number of rotatable bonds is 5. The van der Waals surface area contributed by atoms with Crippen LogP contribution in [0.1, 0.15) is 0 Å². The summed E-state index contributed by atoms with van der Waals surface area (Å²) in [5.41, 5.74) is -0.0900. The van der Waals surface area contributed by atoms with E-state index >= 15 is 0 Å². The number of para-hydroxylation sites is 1. The zero-order chi connectivity index (χ0) is 13.7. The van der Waals surface area contributed by atoms with Gasteiger partial charge in [-0.3, -0.25) is 15.0 Å². The summed E-state index contributed by atoms with van der Waals surface area (Å²) in [6.07, 6.45) is 0. The molecule has 0 atom stereocenters. The minimum atomic E-state index is -0.480. The van der Waals surface area contributed by atoms with Crippen molar-refractivity contribution in [2.24, 2.45) is 0 Å². The van der Waals surface area contributed by atoms with Crippen LogP contribution in [0, 0.1) is 10.1 Å². The van der Waals surface area contributed by atoms with Crippen molar-refractivity contribution in [3.8, 4) is 5.75 Å². The van der Waals surface area contributed by atoms with E-state index in [2.05, 4.69) is 10.2 Å². The quantitative estimate of drug-likeness (QED) is 0.656. The van der Waals surface area contributed by atoms with Crippen molar-refractivity contribution in [3.63, 3.8) is 0 Å². The third kappa shape index (κ3) is 3.79. The Kier molecular flexibility index (Phi) is 4.95. The second-order valence-corrected chi connectivity index (χ2v) is 4.69. The standard InChI is InChI=1S/C12H16ClN3O3/c13-10-2-1-3-11(16(17)18)12(10)19-9-8-15-6-4-14-5-7-15/h1-3,14H,4-9H2. The molecule has 1 aromatic rings. The molecule has 1 aliphatic heterocycles. The zero-order valence-electron chi connectivity index (χ0n) is 10.5. The molecule has 1 aromatic carbocycles. The lowest BCUT2D eigenvalue weighted by Crippen LogP contribution is -2.44. The number of ether oxygens (including phenoxy) is 1. The maximum absolute atomic E-state index is 10.9. The predicted molar refractivity (Wildman–Crippen MR) is 72.9 cm³/mol. The number of hydrogen-bond acceptors (Lipinski definition) is 5. The first-order valence-electron chi connectivity index (χ1n) is 6.17. The fourth-order valence-electron chi connectivity index (χ4n) is 2.00. The van der Waals surface area contributed by atoms with Crippen molar-refractivity contribution < 1.29 is 9.66 Å². The monoisotopic (exact) mass is 285 g/mol. The molecule has 1 fully saturated rings. The molecule has 0 saturated carbocycles. The minimum Gasteiger partial charge on any atom is -0.484 e. The molecule has 104 valence electrons. The lowest BCUT2D eigenvalue weighted by atomic mass is 10.3. The first-order chi connectivity index (χ1) is 9.18. The predicted octanol–water partition coefficient (Wildman–Crippen LogP) is 1.53. The van der Waals surface area contributed by atoms with Gasteiger partial charge in [0.05, 0.1) is 9.95 Å². The van der Waals surface area contributed by atoms with Crippen LogP contribution in [-0.2, 0) is 0 Å². The Balaban J connectivity index is 1.93. The number of nitrogens with one attached hydrogen (secondary N) is 1. The highest BCUT2D eigenvalue weighted by Crippen LogP contribution is 2.34. The Morgan fingerprint density at radius 3 is 2.84 bits per heavy atom. The van der Waals surface area contributed by atoms with E-state index in [9.17, 15) is 10.1 Å². The Bertz CT molecular complexity index is 450. The van der Waals surface area contributed by atoms with Gasteiger partial charge in [-0.15, -0.1) is 0 Å². The van der Waals surface area contributed by atoms with Gasteiger partial charge in [-0.2, -0.15) is 0 Å². The van der Waals surface area contributed by atoms with E-state index in [1.54, 1.807) is 12.1 Å². The molecule has 1 saturated heterocycles. The number of nitrogens with zero attached hydrogens (tertiary/aromatic N) is 2. The number of nitro groups is 1. The van der Waals surface area contributed by atoms with Crippen molar-refractivity contribution in [1.29, 1.82) is 0 Å². The molecule has 1 heterocycles. The third-order valence-electron chi connectivity index (χ3n) is 3.01. The van der Waals surface area contributed by atoms with Crippen LogP contribution in [-0.4, -0.2) is 49.2 Å². The van der Waals surface area contributed by atoms with Gasteiger partial charge in [-0.05, 0) is 6.07 Å². The summed E-state index contributed by atoms with van der Waals surface area (Å²) in [6.45, 7) is 5.00. The van der Waals surface area contributed by atoms with Gasteiger partial charge in [0.25, 0.3) is 0 Å². The van der Waals surface area contributed by atoms with Crippen molar-refractivity contribution in [3.05, 3.63) is 33.3 Å². The van der Waals surface area contributed by atoms with E-state index in [1.807, 2.05) is 0 Å². The van der Waals surface area contributed by atoms with Crippen LogP contribution in [0.5, 0.6) is 5.75 Å². The number of nitro benzene ring substituents is 1. The number of halogens is 1. The summed E-state index contributed by atoms with van der Waals surface area (Å²) in [7, 11) is 0. The average molecular weight is 286 g/mol. The van der Waals surface area contributed by atoms with Gasteiger partial charge < -0.3 is 10.1 Å². The smallest absolute Gasteiger partial charge is 0.312 e. The van der Waals surface area contributed by atoms with Gasteiger partial charge in [-0.1, -0.05) is 17.7 Å². The van der Waals surface area contributed by atoms with E-state index in [-0.39, 0.29) is 16.5 Å². The van der Waals surface area contributed by atoms with Crippen LogP contribution in [0.15, 0.2) is 18.2 Å². The second-order valence-electron chi connectivity index (χ2n) is 4.29. The second kappa shape index (κ2) is 6.70. The SMILES string of the molecule is O=[N+]([O-])c1cccc(Cl)c1OCCN1CCNCC1. The molecular weight excluding hydrogens is 270 g/mol. The fourth-order valence-corrected chi connectivity index (χ4v) is 2.22. The molecule has 19 heavy (non-hydrogen) atoms. The maximum Gasteiger partial charge on any atom is 0.312 e. The zero-order valence-corrected chi connectivity index (χ0v) is 11.2. The summed E-state index contributed by atoms with van der Waals surface area (Å²) in [5, 5.41) is 14.4. The number of benzene rings is 1. The Hall–Kier alpha value is -1.37. The van der Waals surface area contributed by atoms with E-state index < -0.39 is 4.92 Å². The Labute approximate surface area is 116 Å². The van der Waals surface area contributed by atoms with Crippen LogP contribution >= 0.6 is 11.6 Å². The number of hydrogen-bond donors (Lipinski definition) is 1. The highest BCUT2D eigenvalue weighted by molar-refractivity contribution is 6.32. The highest BCUT2D eigenvalue weighted by Gasteiger charge is 2.18. The Morgan fingerprint density at radius 1 is 1.42 bits per heavy atom. The lowest BCUT2D eigenvalue weighted by Gasteiger charge is -2.26. The largest absolute Gasteiger partial charge is 0.484 e. The minimum absolute atomic E-state index is 0.0900. The fraction of sp³-hybridized carbons (Fsp3) is 0.500. The molecule has 2 rings (SSSR count). The highest BCUT2D eigenvalue weighted by atomic mass is 35.5. The third-order valence-corrected chi connectivity index (χ3v) is 3.30. The van der Waals surface area contributed by atoms with Crippen molar-refractivity contribution >= 4 is 17.3 Å². The molecule has 1 N–H and O–H groups in total. The first kappa shape index (κ1) is 14.0. The summed E-state index contributed by atoms with van der Waals surface area (Å²) >= 11 is 5.94.